The van der Waals surface area contributed by atoms with Crippen molar-refractivity contribution in [2.45, 2.75) is 38.5 Å². The highest BCUT2D eigenvalue weighted by atomic mass is 35.5. The van der Waals surface area contributed by atoms with Crippen LogP contribution in [0.25, 0.3) is 0 Å². The third kappa shape index (κ3) is 5.93. The van der Waals surface area contributed by atoms with Gasteiger partial charge in [0.05, 0.1) is 11.3 Å². The monoisotopic (exact) mass is 467 g/mol. The maximum Gasteiger partial charge on any atom is 0.255 e. The van der Waals surface area contributed by atoms with Crippen molar-refractivity contribution in [2.75, 3.05) is 31.5 Å². The van der Waals surface area contributed by atoms with Gasteiger partial charge in [-0.1, -0.05) is 41.9 Å². The number of carbonyl (C=O) groups excluding carboxylic acids is 3. The highest BCUT2D eigenvalue weighted by Gasteiger charge is 2.29. The van der Waals surface area contributed by atoms with Crippen molar-refractivity contribution in [3.63, 3.8) is 0 Å². The zero-order valence-electron chi connectivity index (χ0n) is 18.8. The van der Waals surface area contributed by atoms with Crippen LogP contribution in [0.2, 0.25) is 5.02 Å². The Morgan fingerprint density at radius 1 is 0.909 bits per heavy atom. The fraction of sp³-hybridized carbons (Fsp3) is 0.423. The third-order valence-corrected chi connectivity index (χ3v) is 6.79. The number of halogens is 1. The molecule has 6 nitrogen and oxygen atoms in total. The molecule has 0 aliphatic carbocycles. The molecule has 2 aliphatic rings. The molecule has 3 amide bonds. The minimum absolute atomic E-state index is 0.0710. The standard InChI is InChI=1S/C26H30ClN3O3/c27-21-9-10-22(26(33)30-14-4-5-15-30)23(18-21)28-25(32)20-12-16-29(17-13-20)24(31)11-8-19-6-2-1-3-7-19/h1-3,6-7,9-10,18,20H,4-5,8,11-17H2,(H,28,32). The molecule has 0 atom stereocenters. The first-order valence-electron chi connectivity index (χ1n) is 11.7. The first-order valence-corrected chi connectivity index (χ1v) is 12.1. The van der Waals surface area contributed by atoms with E-state index in [0.29, 0.717) is 48.6 Å². The van der Waals surface area contributed by atoms with Gasteiger partial charge in [0, 0.05) is 43.5 Å². The number of rotatable bonds is 6. The number of piperidine rings is 1. The summed E-state index contributed by atoms with van der Waals surface area (Å²) in [6.45, 7) is 2.62. The summed E-state index contributed by atoms with van der Waals surface area (Å²) in [4.78, 5) is 42.1. The normalized spacial score (nSPS) is 16.6. The SMILES string of the molecule is O=C(Nc1cc(Cl)ccc1C(=O)N1CCCC1)C1CCN(C(=O)CCc2ccccc2)CC1. The Kier molecular flexibility index (Phi) is 7.65. The van der Waals surface area contributed by atoms with Crippen LogP contribution in [0.15, 0.2) is 48.5 Å². The van der Waals surface area contributed by atoms with Gasteiger partial charge < -0.3 is 15.1 Å². The molecule has 0 bridgehead atoms. The van der Waals surface area contributed by atoms with Gasteiger partial charge in [-0.15, -0.1) is 0 Å². The first kappa shape index (κ1) is 23.3. The number of hydrogen-bond donors (Lipinski definition) is 1. The fourth-order valence-electron chi connectivity index (χ4n) is 4.58. The third-order valence-electron chi connectivity index (χ3n) is 6.55. The molecule has 0 spiro atoms. The lowest BCUT2D eigenvalue weighted by Gasteiger charge is -2.31. The number of likely N-dealkylation sites (tertiary alicyclic amines) is 2. The molecule has 2 aromatic carbocycles. The molecule has 2 aromatic rings. The number of benzene rings is 2. The maximum absolute atomic E-state index is 13.0. The van der Waals surface area contributed by atoms with E-state index in [2.05, 4.69) is 5.32 Å². The zero-order chi connectivity index (χ0) is 23.2. The summed E-state index contributed by atoms with van der Waals surface area (Å²) < 4.78 is 0. The fourth-order valence-corrected chi connectivity index (χ4v) is 4.75. The van der Waals surface area contributed by atoms with Gasteiger partial charge >= 0.3 is 0 Å². The Hall–Kier alpha value is -2.86. The zero-order valence-corrected chi connectivity index (χ0v) is 19.5. The Bertz CT molecular complexity index is 997. The summed E-state index contributed by atoms with van der Waals surface area (Å²) in [6, 6.07) is 15.0. The predicted octanol–water partition coefficient (Wildman–Crippen LogP) is 4.39. The summed E-state index contributed by atoms with van der Waals surface area (Å²) in [5.74, 6) is -0.259. The molecular formula is C26H30ClN3O3. The summed E-state index contributed by atoms with van der Waals surface area (Å²) in [5.41, 5.74) is 2.09. The van der Waals surface area contributed by atoms with Crippen LogP contribution in [-0.4, -0.2) is 53.7 Å². The molecule has 0 aromatic heterocycles. The van der Waals surface area contributed by atoms with Crippen LogP contribution in [0.1, 0.15) is 48.0 Å². The van der Waals surface area contributed by atoms with Gasteiger partial charge in [0.2, 0.25) is 11.8 Å². The number of nitrogens with zero attached hydrogens (tertiary/aromatic N) is 2. The number of hydrogen-bond acceptors (Lipinski definition) is 3. The van der Waals surface area contributed by atoms with Crippen LogP contribution < -0.4 is 5.32 Å². The van der Waals surface area contributed by atoms with E-state index in [1.807, 2.05) is 40.1 Å². The maximum atomic E-state index is 13.0. The van der Waals surface area contributed by atoms with E-state index in [0.717, 1.165) is 37.9 Å². The van der Waals surface area contributed by atoms with Crippen molar-refractivity contribution in [1.29, 1.82) is 0 Å². The number of amides is 3. The van der Waals surface area contributed by atoms with E-state index in [1.54, 1.807) is 18.2 Å². The largest absolute Gasteiger partial charge is 0.343 e. The first-order chi connectivity index (χ1) is 16.0. The number of anilines is 1. The van der Waals surface area contributed by atoms with E-state index in [9.17, 15) is 14.4 Å². The van der Waals surface area contributed by atoms with Gasteiger partial charge in [0.25, 0.3) is 5.91 Å². The van der Waals surface area contributed by atoms with E-state index in [-0.39, 0.29) is 23.6 Å². The van der Waals surface area contributed by atoms with Crippen LogP contribution in [0.3, 0.4) is 0 Å². The molecule has 1 N–H and O–H groups in total. The summed E-state index contributed by atoms with van der Waals surface area (Å²) >= 11 is 6.16. The molecule has 2 saturated heterocycles. The molecule has 0 unspecified atom stereocenters. The number of aryl methyl sites for hydroxylation is 1. The van der Waals surface area contributed by atoms with E-state index < -0.39 is 0 Å². The van der Waals surface area contributed by atoms with Gasteiger partial charge in [-0.05, 0) is 55.9 Å². The molecule has 174 valence electrons. The van der Waals surface area contributed by atoms with Gasteiger partial charge in [-0.2, -0.15) is 0 Å². The smallest absolute Gasteiger partial charge is 0.255 e. The van der Waals surface area contributed by atoms with Crippen molar-refractivity contribution in [1.82, 2.24) is 9.80 Å². The Morgan fingerprint density at radius 2 is 1.61 bits per heavy atom. The quantitative estimate of drug-likeness (QED) is 0.685. The van der Waals surface area contributed by atoms with Crippen LogP contribution in [0.5, 0.6) is 0 Å². The molecule has 2 fully saturated rings. The molecule has 0 saturated carbocycles. The van der Waals surface area contributed by atoms with Gasteiger partial charge in [-0.25, -0.2) is 0 Å². The second kappa shape index (κ2) is 10.8. The number of carbonyl (C=O) groups is 3. The summed E-state index contributed by atoms with van der Waals surface area (Å²) in [5, 5.41) is 3.42. The predicted molar refractivity (Wildman–Crippen MR) is 129 cm³/mol. The lowest BCUT2D eigenvalue weighted by molar-refractivity contribution is -0.134. The Labute approximate surface area is 199 Å². The molecule has 7 heteroatoms. The van der Waals surface area contributed by atoms with E-state index in [1.165, 1.54) is 0 Å². The molecule has 33 heavy (non-hydrogen) atoms. The van der Waals surface area contributed by atoms with Crippen LogP contribution in [0, 0.1) is 5.92 Å². The average molecular weight is 468 g/mol. The van der Waals surface area contributed by atoms with E-state index >= 15 is 0 Å². The van der Waals surface area contributed by atoms with Crippen molar-refractivity contribution in [2.24, 2.45) is 5.92 Å². The highest BCUT2D eigenvalue weighted by molar-refractivity contribution is 6.31. The lowest BCUT2D eigenvalue weighted by Crippen LogP contribution is -2.41. The minimum Gasteiger partial charge on any atom is -0.343 e. The summed E-state index contributed by atoms with van der Waals surface area (Å²) in [6.07, 6.45) is 4.43. The highest BCUT2D eigenvalue weighted by Crippen LogP contribution is 2.26. The van der Waals surface area contributed by atoms with Gasteiger partial charge in [0.1, 0.15) is 0 Å². The van der Waals surface area contributed by atoms with Crippen molar-refractivity contribution in [3.8, 4) is 0 Å². The number of nitrogens with one attached hydrogen (secondary N) is 1. The Balaban J connectivity index is 1.31. The molecular weight excluding hydrogens is 438 g/mol. The average Bonchev–Trinajstić information content (AvgIpc) is 3.38. The van der Waals surface area contributed by atoms with Gasteiger partial charge in [-0.3, -0.25) is 14.4 Å². The lowest BCUT2D eigenvalue weighted by atomic mass is 9.95. The van der Waals surface area contributed by atoms with Gasteiger partial charge in [0.15, 0.2) is 0 Å². The van der Waals surface area contributed by atoms with Crippen LogP contribution in [0.4, 0.5) is 5.69 Å². The van der Waals surface area contributed by atoms with Crippen molar-refractivity contribution in [3.05, 3.63) is 64.7 Å². The second-order valence-electron chi connectivity index (χ2n) is 8.82. The molecule has 2 heterocycles. The van der Waals surface area contributed by atoms with Crippen LogP contribution in [-0.2, 0) is 16.0 Å². The Morgan fingerprint density at radius 3 is 2.30 bits per heavy atom. The summed E-state index contributed by atoms with van der Waals surface area (Å²) in [7, 11) is 0. The van der Waals surface area contributed by atoms with E-state index in [4.69, 9.17) is 11.6 Å². The molecule has 2 aliphatic heterocycles. The topological polar surface area (TPSA) is 69.7 Å². The molecule has 0 radical (unpaired) electrons. The van der Waals surface area contributed by atoms with Crippen molar-refractivity contribution < 1.29 is 14.4 Å². The molecule has 4 rings (SSSR count). The van der Waals surface area contributed by atoms with Crippen molar-refractivity contribution >= 4 is 35.0 Å². The minimum atomic E-state index is -0.197. The second-order valence-corrected chi connectivity index (χ2v) is 9.26. The van der Waals surface area contributed by atoms with Crippen LogP contribution >= 0.6 is 11.6 Å².